The average Bonchev–Trinajstić information content (AvgIpc) is 2.36. The van der Waals surface area contributed by atoms with Crippen LogP contribution in [0.4, 0.5) is 0 Å². The molecule has 1 heteroatoms. The van der Waals surface area contributed by atoms with Crippen molar-refractivity contribution < 1.29 is 0 Å². The molecule has 0 radical (unpaired) electrons. The zero-order valence-electron chi connectivity index (χ0n) is 13.8. The molecule has 0 aliphatic heterocycles. The summed E-state index contributed by atoms with van der Waals surface area (Å²) in [5, 5.41) is 0.826. The summed E-state index contributed by atoms with van der Waals surface area (Å²) >= 11 is 5.75. The van der Waals surface area contributed by atoms with Gasteiger partial charge in [-0.3, -0.25) is 0 Å². The zero-order chi connectivity index (χ0) is 15.7. The molecule has 0 saturated heterocycles. The number of rotatable bonds is 0. The molecule has 0 aliphatic rings. The topological polar surface area (TPSA) is 0 Å². The molecule has 0 bridgehead atoms. The first kappa shape index (κ1) is 18.7. The molecule has 2 rings (SSSR count). The van der Waals surface area contributed by atoms with Gasteiger partial charge in [0.25, 0.3) is 0 Å². The molecule has 0 atom stereocenters. The van der Waals surface area contributed by atoms with Crippen LogP contribution in [0.2, 0.25) is 5.02 Å². The third kappa shape index (κ3) is 7.35. The predicted octanol–water partition coefficient (Wildman–Crippen LogP) is 6.59. The van der Waals surface area contributed by atoms with Crippen molar-refractivity contribution in [3.05, 3.63) is 69.2 Å². The highest BCUT2D eigenvalue weighted by molar-refractivity contribution is 6.30. The second kappa shape index (κ2) is 9.61. The minimum atomic E-state index is 0.826. The fourth-order valence-corrected chi connectivity index (χ4v) is 2.15. The first-order valence-electron chi connectivity index (χ1n) is 7.16. The lowest BCUT2D eigenvalue weighted by Crippen LogP contribution is -1.79. The molecular weight excluding hydrogens is 264 g/mol. The maximum atomic E-state index is 5.75. The molecule has 110 valence electrons. The Morgan fingerprint density at radius 2 is 1.10 bits per heavy atom. The highest BCUT2D eigenvalue weighted by Crippen LogP contribution is 2.12. The van der Waals surface area contributed by atoms with E-state index in [2.05, 4.69) is 45.0 Å². The maximum absolute atomic E-state index is 5.75. The molecule has 0 N–H and O–H groups in total. The van der Waals surface area contributed by atoms with Gasteiger partial charge in [0.05, 0.1) is 0 Å². The van der Waals surface area contributed by atoms with E-state index >= 15 is 0 Å². The number of hydrogen-bond donors (Lipinski definition) is 0. The Kier molecular flexibility index (Phi) is 9.00. The van der Waals surface area contributed by atoms with Crippen LogP contribution in [0.5, 0.6) is 0 Å². The van der Waals surface area contributed by atoms with E-state index in [-0.39, 0.29) is 0 Å². The van der Waals surface area contributed by atoms with Crippen molar-refractivity contribution in [2.75, 3.05) is 0 Å². The molecule has 0 saturated carbocycles. The van der Waals surface area contributed by atoms with E-state index in [0.717, 1.165) is 5.02 Å². The highest BCUT2D eigenvalue weighted by Gasteiger charge is 1.89. The third-order valence-corrected chi connectivity index (χ3v) is 3.07. The number of benzene rings is 2. The van der Waals surface area contributed by atoms with Crippen LogP contribution in [-0.2, 0) is 0 Å². The van der Waals surface area contributed by atoms with Crippen molar-refractivity contribution in [2.45, 2.75) is 48.5 Å². The van der Waals surface area contributed by atoms with Crippen LogP contribution < -0.4 is 0 Å². The summed E-state index contributed by atoms with van der Waals surface area (Å²) in [6.45, 7) is 14.5. The lowest BCUT2D eigenvalue weighted by molar-refractivity contribution is 1.30. The quantitative estimate of drug-likeness (QED) is 0.513. The largest absolute Gasteiger partial charge is 0.0843 e. The van der Waals surface area contributed by atoms with Crippen LogP contribution in [0.1, 0.15) is 41.7 Å². The summed E-state index contributed by atoms with van der Waals surface area (Å²) in [6.07, 6.45) is 0. The van der Waals surface area contributed by atoms with Gasteiger partial charge in [0.2, 0.25) is 0 Å². The van der Waals surface area contributed by atoms with Gasteiger partial charge in [0.15, 0.2) is 0 Å². The number of aryl methyl sites for hydroxylation is 5. The van der Waals surface area contributed by atoms with Crippen molar-refractivity contribution in [1.29, 1.82) is 0 Å². The summed E-state index contributed by atoms with van der Waals surface area (Å²) in [5.74, 6) is 0. The Morgan fingerprint density at radius 1 is 0.600 bits per heavy atom. The highest BCUT2D eigenvalue weighted by atomic mass is 35.5. The third-order valence-electron chi connectivity index (χ3n) is 2.85. The fraction of sp³-hybridized carbons (Fsp3) is 0.368. The van der Waals surface area contributed by atoms with E-state index in [4.69, 9.17) is 11.6 Å². The molecule has 0 fully saturated rings. The van der Waals surface area contributed by atoms with Gasteiger partial charge < -0.3 is 0 Å². The predicted molar refractivity (Wildman–Crippen MR) is 92.9 cm³/mol. The SMILES string of the molecule is CC.Cc1cc(C)cc(Cl)c1.Cc1ccc(C)c(C)c1. The fourth-order valence-electron chi connectivity index (χ4n) is 1.81. The minimum absolute atomic E-state index is 0.826. The molecule has 2 aromatic rings. The molecule has 0 aliphatic carbocycles. The summed E-state index contributed by atoms with van der Waals surface area (Å²) in [7, 11) is 0. The van der Waals surface area contributed by atoms with Gasteiger partial charge in [-0.15, -0.1) is 0 Å². The van der Waals surface area contributed by atoms with Crippen LogP contribution in [0.3, 0.4) is 0 Å². The van der Waals surface area contributed by atoms with Gasteiger partial charge in [-0.1, -0.05) is 55.3 Å². The van der Waals surface area contributed by atoms with E-state index < -0.39 is 0 Å². The Bertz CT molecular complexity index is 477. The van der Waals surface area contributed by atoms with Gasteiger partial charge in [-0.05, 0) is 69.0 Å². The van der Waals surface area contributed by atoms with E-state index in [1.165, 1.54) is 27.8 Å². The number of hydrogen-bond acceptors (Lipinski definition) is 0. The van der Waals surface area contributed by atoms with E-state index in [1.807, 2.05) is 39.8 Å². The second-order valence-corrected chi connectivity index (χ2v) is 5.33. The first-order valence-corrected chi connectivity index (χ1v) is 7.54. The molecule has 0 heterocycles. The first-order chi connectivity index (χ1) is 9.38. The summed E-state index contributed by atoms with van der Waals surface area (Å²) in [5.41, 5.74) is 6.55. The zero-order valence-corrected chi connectivity index (χ0v) is 14.6. The van der Waals surface area contributed by atoms with Crippen molar-refractivity contribution in [3.63, 3.8) is 0 Å². The van der Waals surface area contributed by atoms with Crippen LogP contribution in [-0.4, -0.2) is 0 Å². The van der Waals surface area contributed by atoms with Crippen molar-refractivity contribution in [1.82, 2.24) is 0 Å². The lowest BCUT2D eigenvalue weighted by atomic mass is 10.1. The van der Waals surface area contributed by atoms with Crippen LogP contribution in [0.25, 0.3) is 0 Å². The summed E-state index contributed by atoms with van der Waals surface area (Å²) in [6, 6.07) is 12.5. The Hall–Kier alpha value is -1.27. The van der Waals surface area contributed by atoms with Gasteiger partial charge in [0, 0.05) is 5.02 Å². The van der Waals surface area contributed by atoms with Gasteiger partial charge in [-0.2, -0.15) is 0 Å². The smallest absolute Gasteiger partial charge is 0.0411 e. The minimum Gasteiger partial charge on any atom is -0.0843 e. The molecule has 2 aromatic carbocycles. The van der Waals surface area contributed by atoms with Gasteiger partial charge >= 0.3 is 0 Å². The van der Waals surface area contributed by atoms with E-state index in [9.17, 15) is 0 Å². The Labute approximate surface area is 129 Å². The molecule has 0 amide bonds. The molecule has 20 heavy (non-hydrogen) atoms. The normalized spacial score (nSPS) is 9.00. The molecule has 0 nitrogen and oxygen atoms in total. The summed E-state index contributed by atoms with van der Waals surface area (Å²) in [4.78, 5) is 0. The monoisotopic (exact) mass is 290 g/mol. The van der Waals surface area contributed by atoms with Crippen molar-refractivity contribution in [3.8, 4) is 0 Å². The molecule has 0 unspecified atom stereocenters. The van der Waals surface area contributed by atoms with Gasteiger partial charge in [0.1, 0.15) is 0 Å². The van der Waals surface area contributed by atoms with Crippen molar-refractivity contribution in [2.24, 2.45) is 0 Å². The summed E-state index contributed by atoms with van der Waals surface area (Å²) < 4.78 is 0. The Balaban J connectivity index is 0.000000321. The van der Waals surface area contributed by atoms with Crippen LogP contribution >= 0.6 is 11.6 Å². The maximum Gasteiger partial charge on any atom is 0.0411 e. The second-order valence-electron chi connectivity index (χ2n) is 4.89. The van der Waals surface area contributed by atoms with Crippen LogP contribution in [0, 0.1) is 34.6 Å². The van der Waals surface area contributed by atoms with Crippen LogP contribution in [0.15, 0.2) is 36.4 Å². The standard InChI is InChI=1S/C9H12.C8H9Cl.C2H6/c1-7-4-5-8(2)9(3)6-7;1-6-3-7(2)5-8(9)4-6;1-2/h4-6H,1-3H3;3-5H,1-2H3;1-2H3. The van der Waals surface area contributed by atoms with Crippen molar-refractivity contribution >= 4 is 11.6 Å². The average molecular weight is 291 g/mol. The van der Waals surface area contributed by atoms with Gasteiger partial charge in [-0.25, -0.2) is 0 Å². The van der Waals surface area contributed by atoms with E-state index in [1.54, 1.807) is 0 Å². The molecular formula is C19H27Cl. The Morgan fingerprint density at radius 3 is 1.45 bits per heavy atom. The lowest BCUT2D eigenvalue weighted by Gasteiger charge is -1.98. The molecule has 0 spiro atoms. The van der Waals surface area contributed by atoms with E-state index in [0.29, 0.717) is 0 Å². The number of halogens is 1. The molecule has 0 aromatic heterocycles.